The Hall–Kier alpha value is -2.44. The van der Waals surface area contributed by atoms with Gasteiger partial charge in [-0.25, -0.2) is 9.97 Å². The van der Waals surface area contributed by atoms with Gasteiger partial charge in [0.2, 0.25) is 0 Å². The van der Waals surface area contributed by atoms with Crippen LogP contribution in [0.4, 0.5) is 0 Å². The van der Waals surface area contributed by atoms with Crippen molar-refractivity contribution >= 4 is 28.7 Å². The number of carbonyl (C=O) groups excluding carboxylic acids is 1. The first-order chi connectivity index (χ1) is 12.5. The summed E-state index contributed by atoms with van der Waals surface area (Å²) in [7, 11) is 1.88. The largest absolute Gasteiger partial charge is 0.377 e. The van der Waals surface area contributed by atoms with E-state index in [1.54, 1.807) is 12.3 Å². The van der Waals surface area contributed by atoms with Gasteiger partial charge < -0.3 is 14.6 Å². The van der Waals surface area contributed by atoms with Gasteiger partial charge in [-0.2, -0.15) is 0 Å². The maximum atomic E-state index is 12.3. The van der Waals surface area contributed by atoms with E-state index >= 15 is 0 Å². The topological polar surface area (TPSA) is 69.0 Å². The van der Waals surface area contributed by atoms with Crippen LogP contribution in [-0.4, -0.2) is 39.7 Å². The van der Waals surface area contributed by atoms with Crippen molar-refractivity contribution < 1.29 is 9.53 Å². The lowest BCUT2D eigenvalue weighted by Gasteiger charge is -2.08. The lowest BCUT2D eigenvalue weighted by molar-refractivity contribution is 0.0746. The van der Waals surface area contributed by atoms with E-state index in [-0.39, 0.29) is 12.0 Å². The molecule has 3 rings (SSSR count). The maximum Gasteiger partial charge on any atom is 0.253 e. The maximum absolute atomic E-state index is 12.3. The summed E-state index contributed by atoms with van der Waals surface area (Å²) >= 11 is 6.28. The average molecular weight is 373 g/mol. The van der Waals surface area contributed by atoms with Crippen LogP contribution in [-0.2, 0) is 11.8 Å². The van der Waals surface area contributed by atoms with Gasteiger partial charge in [-0.15, -0.1) is 0 Å². The zero-order valence-electron chi connectivity index (χ0n) is 15.0. The molecule has 6 nitrogen and oxygen atoms in total. The van der Waals surface area contributed by atoms with Gasteiger partial charge in [-0.05, 0) is 32.0 Å². The van der Waals surface area contributed by atoms with Gasteiger partial charge in [-0.3, -0.25) is 4.79 Å². The third kappa shape index (κ3) is 3.86. The summed E-state index contributed by atoms with van der Waals surface area (Å²) in [5, 5.41) is 3.44. The summed E-state index contributed by atoms with van der Waals surface area (Å²) in [5.41, 5.74) is 2.63. The minimum absolute atomic E-state index is 0.140. The highest BCUT2D eigenvalue weighted by Crippen LogP contribution is 2.28. The fourth-order valence-corrected chi connectivity index (χ4v) is 2.87. The molecule has 0 aliphatic carbocycles. The van der Waals surface area contributed by atoms with Crippen LogP contribution in [0.25, 0.3) is 22.6 Å². The Morgan fingerprint density at radius 3 is 2.85 bits per heavy atom. The van der Waals surface area contributed by atoms with Crippen molar-refractivity contribution in [2.75, 3.05) is 13.2 Å². The van der Waals surface area contributed by atoms with Gasteiger partial charge in [0, 0.05) is 25.4 Å². The fourth-order valence-electron chi connectivity index (χ4n) is 2.64. The highest BCUT2D eigenvalue weighted by Gasteiger charge is 2.15. The molecule has 0 atom stereocenters. The molecule has 1 amide bonds. The second kappa shape index (κ2) is 7.85. The van der Waals surface area contributed by atoms with Crippen LogP contribution in [0.3, 0.4) is 0 Å². The number of benzene rings is 1. The Kier molecular flexibility index (Phi) is 5.54. The molecule has 1 aromatic carbocycles. The molecule has 26 heavy (non-hydrogen) atoms. The lowest BCUT2D eigenvalue weighted by atomic mass is 10.2. The minimum Gasteiger partial charge on any atom is -0.377 e. The van der Waals surface area contributed by atoms with Crippen LogP contribution in [0.2, 0.25) is 5.02 Å². The SMILES string of the molecule is CC(C)OCCNC(=O)c1cnc2c(c1)nc(-c1ccccc1Cl)n2C. The number of amides is 1. The molecule has 136 valence electrons. The van der Waals surface area contributed by atoms with E-state index in [4.69, 9.17) is 16.3 Å². The minimum atomic E-state index is -0.197. The highest BCUT2D eigenvalue weighted by atomic mass is 35.5. The molecular weight excluding hydrogens is 352 g/mol. The Morgan fingerprint density at radius 2 is 2.12 bits per heavy atom. The van der Waals surface area contributed by atoms with Gasteiger partial charge in [0.1, 0.15) is 11.3 Å². The number of aryl methyl sites for hydroxylation is 1. The first-order valence-electron chi connectivity index (χ1n) is 8.44. The molecule has 0 bridgehead atoms. The Bertz CT molecular complexity index is 936. The fraction of sp³-hybridized carbons (Fsp3) is 0.316. The van der Waals surface area contributed by atoms with Gasteiger partial charge in [0.05, 0.1) is 23.3 Å². The number of imidazole rings is 1. The molecule has 0 saturated heterocycles. The van der Waals surface area contributed by atoms with E-state index in [0.717, 1.165) is 5.56 Å². The molecule has 3 aromatic rings. The third-order valence-corrected chi connectivity index (χ3v) is 4.25. The summed E-state index contributed by atoms with van der Waals surface area (Å²) < 4.78 is 7.29. The molecule has 0 spiro atoms. The third-order valence-electron chi connectivity index (χ3n) is 3.92. The van der Waals surface area contributed by atoms with Crippen molar-refractivity contribution in [2.24, 2.45) is 7.05 Å². The van der Waals surface area contributed by atoms with E-state index < -0.39 is 0 Å². The molecule has 1 N–H and O–H groups in total. The molecule has 0 fully saturated rings. The number of fused-ring (bicyclic) bond motifs is 1. The first kappa shape index (κ1) is 18.4. The Labute approximate surface area is 157 Å². The number of aromatic nitrogens is 3. The zero-order valence-corrected chi connectivity index (χ0v) is 15.7. The van der Waals surface area contributed by atoms with Crippen molar-refractivity contribution in [3.8, 4) is 11.4 Å². The number of carbonyl (C=O) groups is 1. The summed E-state index contributed by atoms with van der Waals surface area (Å²) in [6.45, 7) is 4.83. The predicted octanol–water partition coefficient (Wildman–Crippen LogP) is 3.44. The molecule has 0 aliphatic rings. The average Bonchev–Trinajstić information content (AvgIpc) is 2.95. The summed E-state index contributed by atoms with van der Waals surface area (Å²) in [5.74, 6) is 0.512. The number of pyridine rings is 1. The van der Waals surface area contributed by atoms with Crippen LogP contribution in [0, 0.1) is 0 Å². The normalized spacial score (nSPS) is 11.3. The second-order valence-corrected chi connectivity index (χ2v) is 6.62. The highest BCUT2D eigenvalue weighted by molar-refractivity contribution is 6.33. The zero-order chi connectivity index (χ0) is 18.7. The van der Waals surface area contributed by atoms with Crippen molar-refractivity contribution in [3.63, 3.8) is 0 Å². The standard InChI is InChI=1S/C19H21ClN4O2/c1-12(2)26-9-8-21-19(25)13-10-16-18(22-11-13)24(3)17(23-16)14-6-4-5-7-15(14)20/h4-7,10-12H,8-9H2,1-3H3,(H,21,25). The number of nitrogens with one attached hydrogen (secondary N) is 1. The first-order valence-corrected chi connectivity index (χ1v) is 8.82. The molecule has 0 unspecified atom stereocenters. The van der Waals surface area contributed by atoms with E-state index in [2.05, 4.69) is 15.3 Å². The smallest absolute Gasteiger partial charge is 0.253 e. The molecule has 0 radical (unpaired) electrons. The molecule has 7 heteroatoms. The van der Waals surface area contributed by atoms with Crippen LogP contribution < -0.4 is 5.32 Å². The quantitative estimate of drug-likeness (QED) is 0.673. The van der Waals surface area contributed by atoms with E-state index in [0.29, 0.717) is 40.7 Å². The molecule has 0 saturated carbocycles. The van der Waals surface area contributed by atoms with E-state index in [1.165, 1.54) is 0 Å². The number of rotatable bonds is 6. The summed E-state index contributed by atoms with van der Waals surface area (Å²) in [4.78, 5) is 21.3. The van der Waals surface area contributed by atoms with E-state index in [9.17, 15) is 4.79 Å². The molecule has 2 aromatic heterocycles. The molecule has 2 heterocycles. The number of halogens is 1. The van der Waals surface area contributed by atoms with Crippen molar-refractivity contribution in [3.05, 3.63) is 47.1 Å². The number of nitrogens with zero attached hydrogens (tertiary/aromatic N) is 3. The predicted molar refractivity (Wildman–Crippen MR) is 102 cm³/mol. The summed E-state index contributed by atoms with van der Waals surface area (Å²) in [6, 6.07) is 9.25. The van der Waals surface area contributed by atoms with Crippen molar-refractivity contribution in [2.45, 2.75) is 20.0 Å². The van der Waals surface area contributed by atoms with Gasteiger partial charge >= 0.3 is 0 Å². The van der Waals surface area contributed by atoms with Crippen LogP contribution >= 0.6 is 11.6 Å². The van der Waals surface area contributed by atoms with E-state index in [1.807, 2.05) is 49.7 Å². The van der Waals surface area contributed by atoms with Gasteiger partial charge in [0.15, 0.2) is 5.65 Å². The Morgan fingerprint density at radius 1 is 1.35 bits per heavy atom. The summed E-state index contributed by atoms with van der Waals surface area (Å²) in [6.07, 6.45) is 1.70. The Balaban J connectivity index is 1.83. The van der Waals surface area contributed by atoms with Crippen molar-refractivity contribution in [1.29, 1.82) is 0 Å². The number of hydrogen-bond acceptors (Lipinski definition) is 4. The molecule has 0 aliphatic heterocycles. The lowest BCUT2D eigenvalue weighted by Crippen LogP contribution is -2.28. The van der Waals surface area contributed by atoms with Crippen molar-refractivity contribution in [1.82, 2.24) is 19.9 Å². The number of hydrogen-bond donors (Lipinski definition) is 1. The van der Waals surface area contributed by atoms with Gasteiger partial charge in [-0.1, -0.05) is 23.7 Å². The monoisotopic (exact) mass is 372 g/mol. The van der Waals surface area contributed by atoms with Gasteiger partial charge in [0.25, 0.3) is 5.91 Å². The van der Waals surface area contributed by atoms with Crippen LogP contribution in [0.1, 0.15) is 24.2 Å². The number of ether oxygens (including phenoxy) is 1. The molecular formula is C19H21ClN4O2. The second-order valence-electron chi connectivity index (χ2n) is 6.22. The van der Waals surface area contributed by atoms with Crippen LogP contribution in [0.5, 0.6) is 0 Å². The van der Waals surface area contributed by atoms with Crippen LogP contribution in [0.15, 0.2) is 36.5 Å².